The number of nitrogens with zero attached hydrogens (tertiary/aromatic N) is 1. The van der Waals surface area contributed by atoms with E-state index in [0.29, 0.717) is 10.9 Å². The third-order valence-electron chi connectivity index (χ3n) is 3.37. The second-order valence-electron chi connectivity index (χ2n) is 4.64. The van der Waals surface area contributed by atoms with Gasteiger partial charge in [0.25, 0.3) is 0 Å². The Morgan fingerprint density at radius 2 is 1.70 bits per heavy atom. The van der Waals surface area contributed by atoms with Gasteiger partial charge in [-0.1, -0.05) is 48.0 Å². The first kappa shape index (κ1) is 11.5. The molecule has 4 rings (SSSR count). The molecule has 0 aliphatic rings. The summed E-state index contributed by atoms with van der Waals surface area (Å²) in [5.41, 5.74) is 2.53. The normalized spacial score (nSPS) is 11.2. The molecule has 0 aliphatic carbocycles. The Morgan fingerprint density at radius 1 is 0.850 bits per heavy atom. The van der Waals surface area contributed by atoms with Gasteiger partial charge in [0.15, 0.2) is 5.58 Å². The van der Waals surface area contributed by atoms with Crippen molar-refractivity contribution in [3.8, 4) is 11.5 Å². The Bertz CT molecular complexity index is 912. The van der Waals surface area contributed by atoms with Crippen LogP contribution in [0.2, 0.25) is 5.02 Å². The van der Waals surface area contributed by atoms with E-state index in [9.17, 15) is 0 Å². The van der Waals surface area contributed by atoms with E-state index in [1.807, 2.05) is 60.7 Å². The Labute approximate surface area is 120 Å². The number of benzene rings is 3. The predicted octanol–water partition coefficient (Wildman–Crippen LogP) is 5.30. The number of rotatable bonds is 1. The maximum atomic E-state index is 6.30. The molecule has 0 aliphatic heterocycles. The number of hydrogen-bond acceptors (Lipinski definition) is 2. The maximum absolute atomic E-state index is 6.30. The minimum atomic E-state index is 0.619. The highest BCUT2D eigenvalue weighted by Gasteiger charge is 2.12. The molecule has 3 aromatic carbocycles. The fourth-order valence-corrected chi connectivity index (χ4v) is 2.68. The maximum Gasteiger partial charge on any atom is 0.227 e. The summed E-state index contributed by atoms with van der Waals surface area (Å²) in [6.45, 7) is 0. The Hall–Kier alpha value is -2.32. The zero-order chi connectivity index (χ0) is 13.5. The van der Waals surface area contributed by atoms with Gasteiger partial charge in [-0.15, -0.1) is 0 Å². The fraction of sp³-hybridized carbons (Fsp3) is 0. The van der Waals surface area contributed by atoms with Crippen LogP contribution in [0.1, 0.15) is 0 Å². The SMILES string of the molecule is Clc1cccc2ccc3nc(-c4ccccc4)oc3c12. The quantitative estimate of drug-likeness (QED) is 0.472. The molecule has 0 bridgehead atoms. The highest BCUT2D eigenvalue weighted by atomic mass is 35.5. The van der Waals surface area contributed by atoms with Crippen molar-refractivity contribution >= 4 is 33.5 Å². The van der Waals surface area contributed by atoms with Gasteiger partial charge in [0, 0.05) is 10.9 Å². The van der Waals surface area contributed by atoms with Gasteiger partial charge in [-0.05, 0) is 29.7 Å². The molecule has 96 valence electrons. The highest BCUT2D eigenvalue weighted by molar-refractivity contribution is 6.37. The van der Waals surface area contributed by atoms with Crippen molar-refractivity contribution in [1.82, 2.24) is 4.98 Å². The summed E-state index contributed by atoms with van der Waals surface area (Å²) in [6, 6.07) is 19.7. The van der Waals surface area contributed by atoms with Crippen LogP contribution >= 0.6 is 11.6 Å². The van der Waals surface area contributed by atoms with Crippen molar-refractivity contribution in [3.05, 3.63) is 65.7 Å². The molecule has 20 heavy (non-hydrogen) atoms. The molecule has 0 N–H and O–H groups in total. The third kappa shape index (κ3) is 1.69. The molecule has 1 heterocycles. The fourth-order valence-electron chi connectivity index (χ4n) is 2.42. The Balaban J connectivity index is 2.07. The lowest BCUT2D eigenvalue weighted by Crippen LogP contribution is -1.76. The monoisotopic (exact) mass is 279 g/mol. The number of fused-ring (bicyclic) bond motifs is 3. The van der Waals surface area contributed by atoms with Gasteiger partial charge in [0.2, 0.25) is 5.89 Å². The van der Waals surface area contributed by atoms with Gasteiger partial charge in [-0.3, -0.25) is 0 Å². The molecule has 0 saturated heterocycles. The first-order valence-electron chi connectivity index (χ1n) is 6.36. The molecule has 1 aromatic heterocycles. The van der Waals surface area contributed by atoms with Crippen molar-refractivity contribution in [2.75, 3.05) is 0 Å². The first-order valence-corrected chi connectivity index (χ1v) is 6.74. The van der Waals surface area contributed by atoms with Crippen molar-refractivity contribution < 1.29 is 4.42 Å². The van der Waals surface area contributed by atoms with Crippen LogP contribution in [-0.4, -0.2) is 4.98 Å². The minimum Gasteiger partial charge on any atom is -0.435 e. The number of aromatic nitrogens is 1. The summed E-state index contributed by atoms with van der Waals surface area (Å²) in [4.78, 5) is 4.55. The summed E-state index contributed by atoms with van der Waals surface area (Å²) in [7, 11) is 0. The minimum absolute atomic E-state index is 0.619. The molecule has 3 heteroatoms. The molecule has 0 atom stereocenters. The van der Waals surface area contributed by atoms with Crippen LogP contribution in [0.25, 0.3) is 33.3 Å². The van der Waals surface area contributed by atoms with Crippen molar-refractivity contribution in [3.63, 3.8) is 0 Å². The van der Waals surface area contributed by atoms with E-state index >= 15 is 0 Å². The van der Waals surface area contributed by atoms with Crippen molar-refractivity contribution in [1.29, 1.82) is 0 Å². The Morgan fingerprint density at radius 3 is 2.55 bits per heavy atom. The van der Waals surface area contributed by atoms with E-state index in [0.717, 1.165) is 27.4 Å². The van der Waals surface area contributed by atoms with E-state index in [4.69, 9.17) is 16.0 Å². The zero-order valence-corrected chi connectivity index (χ0v) is 11.3. The smallest absolute Gasteiger partial charge is 0.227 e. The molecule has 0 unspecified atom stereocenters. The average molecular weight is 280 g/mol. The largest absolute Gasteiger partial charge is 0.435 e. The topological polar surface area (TPSA) is 26.0 Å². The lowest BCUT2D eigenvalue weighted by molar-refractivity contribution is 0.623. The van der Waals surface area contributed by atoms with E-state index in [1.165, 1.54) is 0 Å². The van der Waals surface area contributed by atoms with Gasteiger partial charge in [0.05, 0.1) is 5.02 Å². The van der Waals surface area contributed by atoms with E-state index < -0.39 is 0 Å². The molecule has 4 aromatic rings. The van der Waals surface area contributed by atoms with Gasteiger partial charge >= 0.3 is 0 Å². The predicted molar refractivity (Wildman–Crippen MR) is 82.0 cm³/mol. The first-order chi connectivity index (χ1) is 9.83. The van der Waals surface area contributed by atoms with Crippen LogP contribution < -0.4 is 0 Å². The van der Waals surface area contributed by atoms with Crippen LogP contribution in [0.3, 0.4) is 0 Å². The van der Waals surface area contributed by atoms with Crippen LogP contribution in [0.5, 0.6) is 0 Å². The summed E-state index contributed by atoms with van der Waals surface area (Å²) in [6.07, 6.45) is 0. The summed E-state index contributed by atoms with van der Waals surface area (Å²) < 4.78 is 5.95. The van der Waals surface area contributed by atoms with Crippen LogP contribution in [0.4, 0.5) is 0 Å². The van der Waals surface area contributed by atoms with Gasteiger partial charge < -0.3 is 4.42 Å². The van der Waals surface area contributed by atoms with Crippen LogP contribution in [0.15, 0.2) is 65.1 Å². The van der Waals surface area contributed by atoms with Gasteiger partial charge in [-0.2, -0.15) is 0 Å². The van der Waals surface area contributed by atoms with E-state index in [2.05, 4.69) is 4.98 Å². The van der Waals surface area contributed by atoms with Gasteiger partial charge in [-0.25, -0.2) is 4.98 Å². The second-order valence-corrected chi connectivity index (χ2v) is 5.04. The molecule has 0 radical (unpaired) electrons. The number of hydrogen-bond donors (Lipinski definition) is 0. The van der Waals surface area contributed by atoms with E-state index in [-0.39, 0.29) is 0 Å². The highest BCUT2D eigenvalue weighted by Crippen LogP contribution is 2.33. The lowest BCUT2D eigenvalue weighted by atomic mass is 10.1. The molecule has 2 nitrogen and oxygen atoms in total. The summed E-state index contributed by atoms with van der Waals surface area (Å²) in [5, 5.41) is 2.66. The molecular weight excluding hydrogens is 270 g/mol. The number of oxazole rings is 1. The van der Waals surface area contributed by atoms with E-state index in [1.54, 1.807) is 0 Å². The molecule has 0 fully saturated rings. The van der Waals surface area contributed by atoms with Gasteiger partial charge in [0.1, 0.15) is 5.52 Å². The molecule has 0 saturated carbocycles. The lowest BCUT2D eigenvalue weighted by Gasteiger charge is -1.99. The Kier molecular flexibility index (Phi) is 2.51. The standard InChI is InChI=1S/C17H10ClNO/c18-13-8-4-7-11-9-10-14-16(15(11)13)20-17(19-14)12-5-2-1-3-6-12/h1-10H. The average Bonchev–Trinajstić information content (AvgIpc) is 2.92. The van der Waals surface area contributed by atoms with Crippen LogP contribution in [0, 0.1) is 0 Å². The zero-order valence-electron chi connectivity index (χ0n) is 10.5. The van der Waals surface area contributed by atoms with Crippen LogP contribution in [-0.2, 0) is 0 Å². The molecular formula is C17H10ClNO. The summed E-state index contributed by atoms with van der Waals surface area (Å²) in [5.74, 6) is 0.619. The molecule has 0 spiro atoms. The number of halogens is 1. The van der Waals surface area contributed by atoms with Crippen molar-refractivity contribution in [2.45, 2.75) is 0 Å². The second kappa shape index (κ2) is 4.36. The summed E-state index contributed by atoms with van der Waals surface area (Å²) >= 11 is 6.30. The van der Waals surface area contributed by atoms with Crippen molar-refractivity contribution in [2.24, 2.45) is 0 Å². The molecule has 0 amide bonds. The third-order valence-corrected chi connectivity index (χ3v) is 3.68.